The second-order valence-corrected chi connectivity index (χ2v) is 7.42. The summed E-state index contributed by atoms with van der Waals surface area (Å²) >= 11 is 7.51. The molecular weight excluding hydrogens is 490 g/mol. The van der Waals surface area contributed by atoms with Crippen LogP contribution in [-0.4, -0.2) is 19.4 Å². The van der Waals surface area contributed by atoms with Crippen LogP contribution in [0.4, 0.5) is 4.79 Å². The molecule has 0 radical (unpaired) electrons. The number of rotatable bonds is 6. The van der Waals surface area contributed by atoms with Crippen LogP contribution in [0, 0.1) is 0 Å². The molecule has 0 heterocycles. The Balaban J connectivity index is 3.54. The monoisotopic (exact) mass is 502 g/mol. The lowest BCUT2D eigenvalue weighted by Crippen LogP contribution is -2.09. The van der Waals surface area contributed by atoms with Crippen molar-refractivity contribution >= 4 is 67.3 Å². The van der Waals surface area contributed by atoms with Gasteiger partial charge in [0.15, 0.2) is 0 Å². The minimum Gasteiger partial charge on any atom is -0.434 e. The first-order valence-electron chi connectivity index (χ1n) is 4.57. The van der Waals surface area contributed by atoms with Crippen LogP contribution >= 0.6 is 61.1 Å². The van der Waals surface area contributed by atoms with E-state index in [0.29, 0.717) is 6.61 Å². The van der Waals surface area contributed by atoms with E-state index in [-0.39, 0.29) is 6.61 Å². The zero-order chi connectivity index (χ0) is 11.7. The van der Waals surface area contributed by atoms with Gasteiger partial charge in [-0.05, 0) is 67.5 Å². The SMILES string of the molecule is CCCCCOC(=O)OC/C(I)=C(/Br)I. The fraction of sp³-hybridized carbons (Fsp3) is 0.667. The summed E-state index contributed by atoms with van der Waals surface area (Å²) in [5.41, 5.74) is 0. The number of unbranched alkanes of at least 4 members (excludes halogenated alkanes) is 2. The zero-order valence-electron chi connectivity index (χ0n) is 8.39. The number of halogens is 3. The van der Waals surface area contributed by atoms with E-state index >= 15 is 0 Å². The number of hydrogen-bond donors (Lipinski definition) is 0. The number of carbonyl (C=O) groups excluding carboxylic acids is 1. The maximum atomic E-state index is 11.0. The van der Waals surface area contributed by atoms with Crippen molar-refractivity contribution in [2.45, 2.75) is 26.2 Å². The first kappa shape index (κ1) is 16.0. The highest BCUT2D eigenvalue weighted by molar-refractivity contribution is 14.1. The molecule has 0 N–H and O–H groups in total. The molecule has 0 aromatic carbocycles. The van der Waals surface area contributed by atoms with Crippen LogP contribution in [0.1, 0.15) is 26.2 Å². The summed E-state index contributed by atoms with van der Waals surface area (Å²) in [6.07, 6.45) is 2.49. The molecule has 0 saturated heterocycles. The van der Waals surface area contributed by atoms with Crippen LogP contribution < -0.4 is 0 Å². The highest BCUT2D eigenvalue weighted by atomic mass is 127. The summed E-state index contributed by atoms with van der Waals surface area (Å²) in [7, 11) is 0. The van der Waals surface area contributed by atoms with Crippen LogP contribution in [0.25, 0.3) is 0 Å². The fourth-order valence-corrected chi connectivity index (χ4v) is 1.15. The van der Waals surface area contributed by atoms with Gasteiger partial charge in [0.2, 0.25) is 0 Å². The van der Waals surface area contributed by atoms with E-state index in [0.717, 1.165) is 25.3 Å². The third-order valence-corrected chi connectivity index (χ3v) is 5.24. The van der Waals surface area contributed by atoms with Crippen LogP contribution in [0.3, 0.4) is 0 Å². The smallest absolute Gasteiger partial charge is 0.434 e. The largest absolute Gasteiger partial charge is 0.508 e. The molecule has 0 aliphatic rings. The molecule has 0 aromatic rings. The standard InChI is InChI=1S/C9H13BrI2O3/c1-2-3-4-5-14-9(13)15-6-7(11)8(10)12/h2-6H2,1H3/b8-7+. The van der Waals surface area contributed by atoms with Crippen molar-refractivity contribution in [3.05, 3.63) is 6.07 Å². The molecule has 0 fully saturated rings. The van der Waals surface area contributed by atoms with Gasteiger partial charge < -0.3 is 9.47 Å². The van der Waals surface area contributed by atoms with E-state index in [1.54, 1.807) is 0 Å². The predicted molar refractivity (Wildman–Crippen MR) is 80.8 cm³/mol. The number of ether oxygens (including phenoxy) is 2. The average Bonchev–Trinajstić information content (AvgIpc) is 2.20. The van der Waals surface area contributed by atoms with Gasteiger partial charge in [-0.3, -0.25) is 0 Å². The van der Waals surface area contributed by atoms with Crippen molar-refractivity contribution in [1.82, 2.24) is 0 Å². The van der Waals surface area contributed by atoms with E-state index in [1.807, 2.05) is 0 Å². The second kappa shape index (κ2) is 10.1. The van der Waals surface area contributed by atoms with Crippen LogP contribution in [0.5, 0.6) is 0 Å². The third-order valence-electron chi connectivity index (χ3n) is 1.49. The molecule has 0 aliphatic carbocycles. The van der Waals surface area contributed by atoms with Gasteiger partial charge in [0.25, 0.3) is 0 Å². The summed E-state index contributed by atoms with van der Waals surface area (Å²) in [5.74, 6) is 0. The summed E-state index contributed by atoms with van der Waals surface area (Å²) in [4.78, 5) is 11.0. The molecule has 0 bridgehead atoms. The molecule has 0 spiro atoms. The van der Waals surface area contributed by atoms with E-state index in [2.05, 4.69) is 68.0 Å². The quantitative estimate of drug-likeness (QED) is 0.298. The molecule has 0 aliphatic heterocycles. The topological polar surface area (TPSA) is 35.5 Å². The molecule has 0 saturated carbocycles. The fourth-order valence-electron chi connectivity index (χ4n) is 0.726. The lowest BCUT2D eigenvalue weighted by atomic mass is 10.3. The summed E-state index contributed by atoms with van der Waals surface area (Å²) in [5, 5.41) is 0. The molecule has 0 amide bonds. The van der Waals surface area contributed by atoms with Crippen molar-refractivity contribution in [2.24, 2.45) is 0 Å². The van der Waals surface area contributed by atoms with Gasteiger partial charge in [0, 0.05) is 3.58 Å². The van der Waals surface area contributed by atoms with Gasteiger partial charge in [0.05, 0.1) is 9.10 Å². The number of hydrogen-bond acceptors (Lipinski definition) is 3. The highest BCUT2D eigenvalue weighted by Gasteiger charge is 2.05. The van der Waals surface area contributed by atoms with E-state index < -0.39 is 6.16 Å². The van der Waals surface area contributed by atoms with E-state index in [4.69, 9.17) is 9.47 Å². The second-order valence-electron chi connectivity index (χ2n) is 2.76. The average molecular weight is 503 g/mol. The summed E-state index contributed by atoms with van der Waals surface area (Å²) in [6.45, 7) is 2.80. The number of carbonyl (C=O) groups is 1. The van der Waals surface area contributed by atoms with E-state index in [1.165, 1.54) is 0 Å². The maximum Gasteiger partial charge on any atom is 0.508 e. The summed E-state index contributed by atoms with van der Waals surface area (Å²) < 4.78 is 11.6. The molecule has 15 heavy (non-hydrogen) atoms. The first-order valence-corrected chi connectivity index (χ1v) is 7.52. The van der Waals surface area contributed by atoms with Gasteiger partial charge in [0.1, 0.15) is 6.61 Å². The molecule has 0 aromatic heterocycles. The van der Waals surface area contributed by atoms with Gasteiger partial charge in [-0.2, -0.15) is 0 Å². The summed E-state index contributed by atoms with van der Waals surface area (Å²) in [6, 6.07) is 0. The van der Waals surface area contributed by atoms with Gasteiger partial charge in [-0.15, -0.1) is 0 Å². The molecule has 88 valence electrons. The normalized spacial score (nSPS) is 12.0. The van der Waals surface area contributed by atoms with Crippen molar-refractivity contribution in [1.29, 1.82) is 0 Å². The Hall–Kier alpha value is 0.950. The zero-order valence-corrected chi connectivity index (χ0v) is 14.3. The Bertz CT molecular complexity index is 227. The lowest BCUT2D eigenvalue weighted by Gasteiger charge is -2.05. The molecule has 0 atom stereocenters. The Morgan fingerprint density at radius 3 is 2.47 bits per heavy atom. The molecular formula is C9H13BrI2O3. The molecule has 3 nitrogen and oxygen atoms in total. The maximum absolute atomic E-state index is 11.0. The predicted octanol–water partition coefficient (Wildman–Crippen LogP) is 4.76. The third kappa shape index (κ3) is 9.86. The van der Waals surface area contributed by atoms with Gasteiger partial charge >= 0.3 is 6.16 Å². The minimum atomic E-state index is -0.592. The van der Waals surface area contributed by atoms with Crippen molar-refractivity contribution in [2.75, 3.05) is 13.2 Å². The van der Waals surface area contributed by atoms with Crippen molar-refractivity contribution in [3.8, 4) is 0 Å². The molecule has 6 heteroatoms. The molecule has 0 unspecified atom stereocenters. The Kier molecular flexibility index (Phi) is 10.8. The minimum absolute atomic E-state index is 0.261. The van der Waals surface area contributed by atoms with Crippen LogP contribution in [-0.2, 0) is 9.47 Å². The van der Waals surface area contributed by atoms with Crippen LogP contribution in [0.15, 0.2) is 6.07 Å². The highest BCUT2D eigenvalue weighted by Crippen LogP contribution is 2.24. The van der Waals surface area contributed by atoms with Crippen molar-refractivity contribution < 1.29 is 14.3 Å². The van der Waals surface area contributed by atoms with Gasteiger partial charge in [-0.25, -0.2) is 4.79 Å². The van der Waals surface area contributed by atoms with Gasteiger partial charge in [-0.1, -0.05) is 19.8 Å². The van der Waals surface area contributed by atoms with Crippen molar-refractivity contribution in [3.63, 3.8) is 0 Å². The first-order chi connectivity index (χ1) is 7.07. The van der Waals surface area contributed by atoms with E-state index in [9.17, 15) is 4.79 Å². The Labute approximate surface area is 126 Å². The lowest BCUT2D eigenvalue weighted by molar-refractivity contribution is 0.0618. The van der Waals surface area contributed by atoms with Crippen LogP contribution in [0.2, 0.25) is 0 Å². The Morgan fingerprint density at radius 2 is 1.93 bits per heavy atom. The molecule has 0 rings (SSSR count). The Morgan fingerprint density at radius 1 is 1.27 bits per heavy atom.